The van der Waals surface area contributed by atoms with E-state index in [-0.39, 0.29) is 23.5 Å². The number of carbonyl (C=O) groups is 1. The number of hydrogen-bond acceptors (Lipinski definition) is 5. The minimum atomic E-state index is -0.223. The van der Waals surface area contributed by atoms with E-state index in [1.54, 1.807) is 26.5 Å². The first-order valence-electron chi connectivity index (χ1n) is 12.1. The van der Waals surface area contributed by atoms with Crippen molar-refractivity contribution in [3.05, 3.63) is 95.5 Å². The summed E-state index contributed by atoms with van der Waals surface area (Å²) in [7, 11) is 3.35. The summed E-state index contributed by atoms with van der Waals surface area (Å²) in [6, 6.07) is 19.4. The van der Waals surface area contributed by atoms with Crippen molar-refractivity contribution in [2.24, 2.45) is 0 Å². The molecule has 6 nitrogen and oxygen atoms in total. The van der Waals surface area contributed by atoms with Crippen LogP contribution < -0.4 is 10.1 Å². The molecule has 1 N–H and O–H groups in total. The molecule has 2 heterocycles. The number of likely N-dealkylation sites (tertiary alicyclic amines) is 1. The fourth-order valence-corrected chi connectivity index (χ4v) is 5.82. The number of piperidine rings is 1. The third-order valence-corrected chi connectivity index (χ3v) is 7.51. The molecule has 1 saturated heterocycles. The van der Waals surface area contributed by atoms with E-state index in [9.17, 15) is 4.79 Å². The molecule has 1 aliphatic heterocycles. The number of nitrogens with one attached hydrogen (secondary N) is 1. The molecule has 2 atom stereocenters. The molecule has 1 amide bonds. The molecule has 3 aromatic rings. The standard InChI is InChI=1S/C29H32N2O4/c1-33-25-14-6-4-12-23(25)28(32)30-26-22-11-3-5-13-24(22)29(27(26)34-2)15-18-31(19-16-29)17-7-9-21-10-8-20-35-21/h3-14,20,26-27H,15-19H2,1-2H3,(H,30,32)/b9-7+/t26-,27+/m0/s1. The molecule has 2 aromatic carbocycles. The van der Waals surface area contributed by atoms with Crippen LogP contribution in [0.1, 0.15) is 46.1 Å². The Hall–Kier alpha value is -3.35. The molecule has 1 fully saturated rings. The molecule has 1 aromatic heterocycles. The van der Waals surface area contributed by atoms with Crippen LogP contribution in [0.2, 0.25) is 0 Å². The third kappa shape index (κ3) is 4.40. The number of carbonyl (C=O) groups excluding carboxylic acids is 1. The molecule has 0 bridgehead atoms. The zero-order valence-corrected chi connectivity index (χ0v) is 20.3. The highest BCUT2D eigenvalue weighted by atomic mass is 16.5. The Bertz CT molecular complexity index is 1180. The predicted molar refractivity (Wildman–Crippen MR) is 136 cm³/mol. The second kappa shape index (κ2) is 10.1. The average molecular weight is 473 g/mol. The number of hydrogen-bond donors (Lipinski definition) is 1. The molecule has 1 aliphatic carbocycles. The summed E-state index contributed by atoms with van der Waals surface area (Å²) in [6.45, 7) is 2.80. The van der Waals surface area contributed by atoms with Gasteiger partial charge in [-0.15, -0.1) is 0 Å². The van der Waals surface area contributed by atoms with Gasteiger partial charge < -0.3 is 19.2 Å². The normalized spacial score (nSPS) is 21.3. The number of para-hydroxylation sites is 1. The van der Waals surface area contributed by atoms with E-state index in [0.29, 0.717) is 11.3 Å². The Morgan fingerprint density at radius 3 is 2.60 bits per heavy atom. The lowest BCUT2D eigenvalue weighted by molar-refractivity contribution is -0.00976. The molecule has 182 valence electrons. The molecule has 1 spiro atoms. The Labute approximate surface area is 206 Å². The van der Waals surface area contributed by atoms with Crippen LogP contribution in [0, 0.1) is 0 Å². The van der Waals surface area contributed by atoms with Gasteiger partial charge in [-0.1, -0.05) is 42.5 Å². The van der Waals surface area contributed by atoms with Gasteiger partial charge in [-0.05, 0) is 67.4 Å². The topological polar surface area (TPSA) is 63.9 Å². The van der Waals surface area contributed by atoms with E-state index in [1.165, 1.54) is 5.56 Å². The number of rotatable bonds is 7. The van der Waals surface area contributed by atoms with Crippen molar-refractivity contribution in [3.8, 4) is 5.75 Å². The summed E-state index contributed by atoms with van der Waals surface area (Å²) in [5, 5.41) is 3.28. The molecule has 35 heavy (non-hydrogen) atoms. The van der Waals surface area contributed by atoms with Gasteiger partial charge in [0.05, 0.1) is 31.1 Å². The second-order valence-electron chi connectivity index (χ2n) is 9.27. The van der Waals surface area contributed by atoms with Crippen LogP contribution in [0.25, 0.3) is 6.08 Å². The number of ether oxygens (including phenoxy) is 2. The number of benzene rings is 2. The van der Waals surface area contributed by atoms with Gasteiger partial charge in [0.1, 0.15) is 11.5 Å². The zero-order chi connectivity index (χ0) is 24.3. The van der Waals surface area contributed by atoms with Crippen LogP contribution in [0.3, 0.4) is 0 Å². The first-order valence-corrected chi connectivity index (χ1v) is 12.1. The van der Waals surface area contributed by atoms with Gasteiger partial charge in [0, 0.05) is 19.1 Å². The molecule has 0 radical (unpaired) electrons. The molecule has 0 saturated carbocycles. The molecular formula is C29H32N2O4. The smallest absolute Gasteiger partial charge is 0.255 e. The Kier molecular flexibility index (Phi) is 6.75. The van der Waals surface area contributed by atoms with Gasteiger partial charge in [0.15, 0.2) is 0 Å². The highest BCUT2D eigenvalue weighted by molar-refractivity contribution is 5.97. The van der Waals surface area contributed by atoms with Gasteiger partial charge in [0.25, 0.3) is 5.91 Å². The van der Waals surface area contributed by atoms with E-state index in [4.69, 9.17) is 13.9 Å². The fraction of sp³-hybridized carbons (Fsp3) is 0.345. The van der Waals surface area contributed by atoms with Crippen LogP contribution in [0.5, 0.6) is 5.75 Å². The van der Waals surface area contributed by atoms with Gasteiger partial charge in [-0.2, -0.15) is 0 Å². The van der Waals surface area contributed by atoms with Gasteiger partial charge in [-0.25, -0.2) is 0 Å². The van der Waals surface area contributed by atoms with Gasteiger partial charge >= 0.3 is 0 Å². The maximum Gasteiger partial charge on any atom is 0.255 e. The van der Waals surface area contributed by atoms with Crippen molar-refractivity contribution >= 4 is 12.0 Å². The van der Waals surface area contributed by atoms with Gasteiger partial charge in [-0.3, -0.25) is 9.69 Å². The van der Waals surface area contributed by atoms with Crippen molar-refractivity contribution in [3.63, 3.8) is 0 Å². The minimum Gasteiger partial charge on any atom is -0.496 e. The molecule has 0 unspecified atom stereocenters. The van der Waals surface area contributed by atoms with E-state index >= 15 is 0 Å². The van der Waals surface area contributed by atoms with E-state index in [0.717, 1.165) is 43.8 Å². The summed E-state index contributed by atoms with van der Waals surface area (Å²) in [5.41, 5.74) is 2.84. The molecule has 5 rings (SSSR count). The summed E-state index contributed by atoms with van der Waals surface area (Å²) in [5.74, 6) is 1.29. The Morgan fingerprint density at radius 2 is 1.86 bits per heavy atom. The summed E-state index contributed by atoms with van der Waals surface area (Å²) < 4.78 is 17.0. The zero-order valence-electron chi connectivity index (χ0n) is 20.3. The summed E-state index contributed by atoms with van der Waals surface area (Å²) >= 11 is 0. The lowest BCUT2D eigenvalue weighted by Gasteiger charge is -2.44. The lowest BCUT2D eigenvalue weighted by Crippen LogP contribution is -2.50. The van der Waals surface area contributed by atoms with Crippen molar-refractivity contribution < 1.29 is 18.7 Å². The number of amides is 1. The number of nitrogens with zero attached hydrogens (tertiary/aromatic N) is 1. The predicted octanol–water partition coefficient (Wildman–Crippen LogP) is 4.83. The maximum atomic E-state index is 13.3. The van der Waals surface area contributed by atoms with Crippen LogP contribution >= 0.6 is 0 Å². The maximum absolute atomic E-state index is 13.3. The van der Waals surface area contributed by atoms with Crippen LogP contribution in [-0.4, -0.2) is 50.8 Å². The SMILES string of the molecule is COc1ccccc1C(=O)N[C@H]1c2ccccc2C2(CCN(C/C=C/c3ccco3)CC2)[C@@H]1OC. The van der Waals surface area contributed by atoms with Crippen molar-refractivity contribution in [1.29, 1.82) is 0 Å². The Morgan fingerprint density at radius 1 is 1.09 bits per heavy atom. The quantitative estimate of drug-likeness (QED) is 0.533. The lowest BCUT2D eigenvalue weighted by atomic mass is 9.72. The molecular weight excluding hydrogens is 440 g/mol. The minimum absolute atomic E-state index is 0.134. The highest BCUT2D eigenvalue weighted by Gasteiger charge is 2.53. The third-order valence-electron chi connectivity index (χ3n) is 7.51. The highest BCUT2D eigenvalue weighted by Crippen LogP contribution is 2.52. The van der Waals surface area contributed by atoms with Crippen LogP contribution in [-0.2, 0) is 10.2 Å². The van der Waals surface area contributed by atoms with Crippen LogP contribution in [0.4, 0.5) is 0 Å². The summed E-state index contributed by atoms with van der Waals surface area (Å²) in [6.07, 6.45) is 7.67. The molecule has 2 aliphatic rings. The second-order valence-corrected chi connectivity index (χ2v) is 9.27. The first kappa shape index (κ1) is 23.4. The fourth-order valence-electron chi connectivity index (χ4n) is 5.82. The summed E-state index contributed by atoms with van der Waals surface area (Å²) in [4.78, 5) is 15.8. The van der Waals surface area contributed by atoms with Crippen molar-refractivity contribution in [1.82, 2.24) is 10.2 Å². The van der Waals surface area contributed by atoms with Crippen molar-refractivity contribution in [2.75, 3.05) is 33.9 Å². The Balaban J connectivity index is 1.35. The van der Waals surface area contributed by atoms with E-state index in [1.807, 2.05) is 42.5 Å². The number of fused-ring (bicyclic) bond motifs is 2. The largest absolute Gasteiger partial charge is 0.496 e. The van der Waals surface area contributed by atoms with Gasteiger partial charge in [0.2, 0.25) is 0 Å². The number of methoxy groups -OCH3 is 2. The van der Waals surface area contributed by atoms with E-state index < -0.39 is 0 Å². The first-order chi connectivity index (χ1) is 17.2. The average Bonchev–Trinajstić information content (AvgIpc) is 3.50. The van der Waals surface area contributed by atoms with E-state index in [2.05, 4.69) is 34.5 Å². The monoisotopic (exact) mass is 472 g/mol. The molecule has 6 heteroatoms. The van der Waals surface area contributed by atoms with Crippen molar-refractivity contribution in [2.45, 2.75) is 30.4 Å². The number of furan rings is 1. The van der Waals surface area contributed by atoms with Crippen LogP contribution in [0.15, 0.2) is 77.4 Å².